The van der Waals surface area contributed by atoms with Crippen LogP contribution in [-0.2, 0) is 4.79 Å². The van der Waals surface area contributed by atoms with Crippen LogP contribution in [0.25, 0.3) is 6.08 Å². The van der Waals surface area contributed by atoms with Crippen molar-refractivity contribution < 1.29 is 19.2 Å². The summed E-state index contributed by atoms with van der Waals surface area (Å²) in [5.41, 5.74) is -0.202. The summed E-state index contributed by atoms with van der Waals surface area (Å²) in [6.07, 6.45) is 4.28. The van der Waals surface area contributed by atoms with Crippen LogP contribution in [0.5, 0.6) is 0 Å². The molecule has 1 aliphatic heterocycles. The number of hydrogen-bond acceptors (Lipinski definition) is 4. The lowest BCUT2D eigenvalue weighted by Gasteiger charge is -2.31. The van der Waals surface area contributed by atoms with Crippen LogP contribution in [0.1, 0.15) is 18.4 Å². The van der Waals surface area contributed by atoms with Gasteiger partial charge >= 0.3 is 0 Å². The Balaban J connectivity index is 2.11. The molecule has 1 fully saturated rings. The first-order chi connectivity index (χ1) is 10.5. The highest BCUT2D eigenvalue weighted by molar-refractivity contribution is 5.92. The summed E-state index contributed by atoms with van der Waals surface area (Å²) < 4.78 is 13.1. The fourth-order valence-electron chi connectivity index (χ4n) is 2.50. The molecule has 0 aromatic heterocycles. The van der Waals surface area contributed by atoms with Crippen LogP contribution in [0.4, 0.5) is 10.1 Å². The first-order valence-electron chi connectivity index (χ1n) is 7.03. The fourth-order valence-corrected chi connectivity index (χ4v) is 2.50. The second-order valence-electron chi connectivity index (χ2n) is 5.27. The number of nitro groups is 1. The number of piperidine rings is 1. The smallest absolute Gasteiger partial charge is 0.279 e. The number of carbonyl (C=O) groups is 1. The topological polar surface area (TPSA) is 83.7 Å². The van der Waals surface area contributed by atoms with Gasteiger partial charge in [-0.3, -0.25) is 14.9 Å². The Hall–Kier alpha value is -2.28. The molecule has 1 aromatic rings. The van der Waals surface area contributed by atoms with Crippen LogP contribution in [0, 0.1) is 21.8 Å². The number of likely N-dealkylation sites (tertiary alicyclic amines) is 1. The van der Waals surface area contributed by atoms with Crippen LogP contribution in [0.3, 0.4) is 0 Å². The maximum Gasteiger partial charge on any atom is 0.279 e. The van der Waals surface area contributed by atoms with Gasteiger partial charge < -0.3 is 10.0 Å². The number of halogens is 1. The van der Waals surface area contributed by atoms with Crippen molar-refractivity contribution in [1.29, 1.82) is 0 Å². The minimum Gasteiger partial charge on any atom is -0.396 e. The van der Waals surface area contributed by atoms with Crippen LogP contribution in [-0.4, -0.2) is 40.5 Å². The summed E-state index contributed by atoms with van der Waals surface area (Å²) in [4.78, 5) is 23.9. The number of aliphatic hydroxyl groups excluding tert-OH is 1. The van der Waals surface area contributed by atoms with Crippen molar-refractivity contribution in [3.8, 4) is 0 Å². The predicted molar refractivity (Wildman–Crippen MR) is 78.5 cm³/mol. The molecule has 1 amide bonds. The number of nitrogens with zero attached hydrogens (tertiary/aromatic N) is 2. The van der Waals surface area contributed by atoms with Crippen molar-refractivity contribution in [2.45, 2.75) is 12.8 Å². The van der Waals surface area contributed by atoms with Crippen LogP contribution < -0.4 is 0 Å². The number of carbonyl (C=O) groups excluding carboxylic acids is 1. The van der Waals surface area contributed by atoms with Crippen molar-refractivity contribution in [2.75, 3.05) is 19.7 Å². The normalized spacial score (nSPS) is 18.6. The molecule has 1 heterocycles. The third-order valence-electron chi connectivity index (χ3n) is 3.68. The molecule has 1 saturated heterocycles. The molecule has 0 spiro atoms. The van der Waals surface area contributed by atoms with Gasteiger partial charge in [0.2, 0.25) is 5.91 Å². The summed E-state index contributed by atoms with van der Waals surface area (Å²) in [5, 5.41) is 20.0. The molecule has 0 radical (unpaired) electrons. The predicted octanol–water partition coefficient (Wildman–Crippen LogP) is 1.98. The average Bonchev–Trinajstić information content (AvgIpc) is 2.53. The van der Waals surface area contributed by atoms with Gasteiger partial charge in [-0.15, -0.1) is 0 Å². The molecular weight excluding hydrogens is 291 g/mol. The summed E-state index contributed by atoms with van der Waals surface area (Å²) in [5.74, 6) is -0.889. The molecule has 1 N–H and O–H groups in total. The molecular formula is C15H17FN2O4. The molecule has 1 unspecified atom stereocenters. The highest BCUT2D eigenvalue weighted by Gasteiger charge is 2.22. The molecule has 22 heavy (non-hydrogen) atoms. The molecule has 0 saturated carbocycles. The second kappa shape index (κ2) is 7.13. The van der Waals surface area contributed by atoms with E-state index in [0.717, 1.165) is 25.0 Å². The Kier molecular flexibility index (Phi) is 5.21. The number of hydrogen-bond donors (Lipinski definition) is 1. The van der Waals surface area contributed by atoms with Crippen molar-refractivity contribution in [1.82, 2.24) is 4.90 Å². The molecule has 118 valence electrons. The van der Waals surface area contributed by atoms with Gasteiger partial charge in [-0.25, -0.2) is 4.39 Å². The number of nitro benzene ring substituents is 1. The molecule has 1 aromatic carbocycles. The second-order valence-corrected chi connectivity index (χ2v) is 5.27. The molecule has 1 aliphatic rings. The zero-order valence-electron chi connectivity index (χ0n) is 11.9. The van der Waals surface area contributed by atoms with Gasteiger partial charge in [0.25, 0.3) is 5.69 Å². The standard InChI is InChI=1S/C15H17FN2O4/c16-13-5-3-12(14(8-13)18(21)22)4-6-15(20)17-7-1-2-11(9-17)10-19/h3-6,8,11,19H,1-2,7,9-10H2/b6-4+. The Labute approximate surface area is 127 Å². The number of amides is 1. The van der Waals surface area contributed by atoms with Crippen LogP contribution in [0.15, 0.2) is 24.3 Å². The Bertz CT molecular complexity index is 603. The molecule has 1 atom stereocenters. The summed E-state index contributed by atoms with van der Waals surface area (Å²) in [6, 6.07) is 3.21. The SMILES string of the molecule is O=C(/C=C/c1ccc(F)cc1[N+](=O)[O-])N1CCCC(CO)C1. The van der Waals surface area contributed by atoms with Crippen molar-refractivity contribution in [3.05, 3.63) is 45.8 Å². The minimum absolute atomic E-state index is 0.0386. The van der Waals surface area contributed by atoms with E-state index >= 15 is 0 Å². The number of aliphatic hydroxyl groups is 1. The maximum absolute atomic E-state index is 13.1. The van der Waals surface area contributed by atoms with Gasteiger partial charge in [0, 0.05) is 25.8 Å². The Morgan fingerprint density at radius 2 is 2.32 bits per heavy atom. The van der Waals surface area contributed by atoms with Gasteiger partial charge in [0.15, 0.2) is 0 Å². The summed E-state index contributed by atoms with van der Waals surface area (Å²) >= 11 is 0. The van der Waals surface area contributed by atoms with E-state index in [0.29, 0.717) is 13.1 Å². The molecule has 7 heteroatoms. The van der Waals surface area contributed by atoms with Crippen LogP contribution >= 0.6 is 0 Å². The monoisotopic (exact) mass is 308 g/mol. The summed E-state index contributed by atoms with van der Waals surface area (Å²) in [6.45, 7) is 1.12. The van der Waals surface area contributed by atoms with E-state index in [1.54, 1.807) is 4.90 Å². The lowest BCUT2D eigenvalue weighted by Crippen LogP contribution is -2.40. The van der Waals surface area contributed by atoms with E-state index in [4.69, 9.17) is 5.11 Å². The van der Waals surface area contributed by atoms with Gasteiger partial charge in [0.05, 0.1) is 16.6 Å². The lowest BCUT2D eigenvalue weighted by molar-refractivity contribution is -0.385. The summed E-state index contributed by atoms with van der Waals surface area (Å²) in [7, 11) is 0. The van der Waals surface area contributed by atoms with Crippen molar-refractivity contribution in [2.24, 2.45) is 5.92 Å². The third-order valence-corrected chi connectivity index (χ3v) is 3.68. The molecule has 0 bridgehead atoms. The average molecular weight is 308 g/mol. The van der Waals surface area contributed by atoms with E-state index in [9.17, 15) is 19.3 Å². The quantitative estimate of drug-likeness (QED) is 0.523. The van der Waals surface area contributed by atoms with Crippen molar-refractivity contribution in [3.63, 3.8) is 0 Å². The van der Waals surface area contributed by atoms with E-state index in [1.807, 2.05) is 0 Å². The third kappa shape index (κ3) is 3.88. The number of rotatable bonds is 4. The van der Waals surface area contributed by atoms with E-state index in [1.165, 1.54) is 18.2 Å². The minimum atomic E-state index is -0.697. The highest BCUT2D eigenvalue weighted by atomic mass is 19.1. The zero-order chi connectivity index (χ0) is 16.1. The maximum atomic E-state index is 13.1. The van der Waals surface area contributed by atoms with Crippen LogP contribution in [0.2, 0.25) is 0 Å². The molecule has 6 nitrogen and oxygen atoms in total. The van der Waals surface area contributed by atoms with E-state index < -0.39 is 10.7 Å². The fraction of sp³-hybridized carbons (Fsp3) is 0.400. The van der Waals surface area contributed by atoms with Crippen molar-refractivity contribution >= 4 is 17.7 Å². The van der Waals surface area contributed by atoms with E-state index in [2.05, 4.69) is 0 Å². The molecule has 0 aliphatic carbocycles. The van der Waals surface area contributed by atoms with E-state index in [-0.39, 0.29) is 29.7 Å². The molecule has 2 rings (SSSR count). The number of benzene rings is 1. The highest BCUT2D eigenvalue weighted by Crippen LogP contribution is 2.22. The lowest BCUT2D eigenvalue weighted by atomic mass is 9.99. The zero-order valence-corrected chi connectivity index (χ0v) is 11.9. The van der Waals surface area contributed by atoms with Gasteiger partial charge in [-0.05, 0) is 37.0 Å². The van der Waals surface area contributed by atoms with Gasteiger partial charge in [-0.2, -0.15) is 0 Å². The first kappa shape index (κ1) is 16.1. The van der Waals surface area contributed by atoms with Gasteiger partial charge in [-0.1, -0.05) is 0 Å². The Morgan fingerprint density at radius 3 is 3.00 bits per heavy atom. The Morgan fingerprint density at radius 1 is 1.55 bits per heavy atom. The first-order valence-corrected chi connectivity index (χ1v) is 7.03. The largest absolute Gasteiger partial charge is 0.396 e. The van der Waals surface area contributed by atoms with Gasteiger partial charge in [0.1, 0.15) is 5.82 Å².